The lowest BCUT2D eigenvalue weighted by Gasteiger charge is -2.30. The molecule has 4 heteroatoms. The molecular weight excluding hydrogens is 194 g/mol. The molecule has 1 aliphatic heterocycles. The van der Waals surface area contributed by atoms with E-state index in [0.717, 1.165) is 26.2 Å². The Morgan fingerprint density at radius 3 is 2.93 bits per heavy atom. The zero-order valence-corrected chi connectivity index (χ0v) is 9.79. The molecule has 90 valence electrons. The first-order valence-corrected chi connectivity index (χ1v) is 5.63. The fraction of sp³-hybridized carbons (Fsp3) is 1.00. The van der Waals surface area contributed by atoms with Gasteiger partial charge in [0.05, 0.1) is 13.2 Å². The molecule has 1 heterocycles. The Hall–Kier alpha value is -0.160. The third-order valence-corrected chi connectivity index (χ3v) is 2.97. The summed E-state index contributed by atoms with van der Waals surface area (Å²) in [5.41, 5.74) is -0.119. The predicted octanol–water partition coefficient (Wildman–Crippen LogP) is 0.400. The Labute approximate surface area is 92.0 Å². The maximum Gasteiger partial charge on any atom is 0.0642 e. The van der Waals surface area contributed by atoms with Crippen LogP contribution in [0.5, 0.6) is 0 Å². The van der Waals surface area contributed by atoms with Gasteiger partial charge in [-0.05, 0) is 25.7 Å². The minimum Gasteiger partial charge on any atom is -0.396 e. The number of methoxy groups -OCH3 is 1. The first-order chi connectivity index (χ1) is 7.20. The fourth-order valence-corrected chi connectivity index (χ4v) is 1.91. The zero-order chi connectivity index (χ0) is 11.1. The second-order valence-corrected chi connectivity index (χ2v) is 4.58. The van der Waals surface area contributed by atoms with Crippen molar-refractivity contribution in [2.24, 2.45) is 5.92 Å². The quantitative estimate of drug-likeness (QED) is 0.648. The minimum atomic E-state index is -0.119. The average Bonchev–Trinajstić information content (AvgIpc) is 2.68. The summed E-state index contributed by atoms with van der Waals surface area (Å²) in [5.74, 6) is 0.611. The van der Waals surface area contributed by atoms with E-state index in [4.69, 9.17) is 14.6 Å². The third kappa shape index (κ3) is 4.47. The molecule has 0 amide bonds. The average molecular weight is 217 g/mol. The molecule has 15 heavy (non-hydrogen) atoms. The van der Waals surface area contributed by atoms with Crippen LogP contribution in [0.4, 0.5) is 0 Å². The van der Waals surface area contributed by atoms with Gasteiger partial charge in [-0.1, -0.05) is 0 Å². The van der Waals surface area contributed by atoms with E-state index in [9.17, 15) is 0 Å². The monoisotopic (exact) mass is 217 g/mol. The molecule has 0 saturated carbocycles. The summed E-state index contributed by atoms with van der Waals surface area (Å²) >= 11 is 0. The Kier molecular flexibility index (Phi) is 5.53. The molecule has 4 nitrogen and oxygen atoms in total. The van der Waals surface area contributed by atoms with Crippen molar-refractivity contribution in [3.63, 3.8) is 0 Å². The van der Waals surface area contributed by atoms with Gasteiger partial charge in [-0.2, -0.15) is 0 Å². The lowest BCUT2D eigenvalue weighted by molar-refractivity contribution is 0.0938. The molecule has 2 N–H and O–H groups in total. The molecule has 1 aliphatic rings. The molecule has 0 unspecified atom stereocenters. The van der Waals surface area contributed by atoms with E-state index in [1.165, 1.54) is 0 Å². The number of aliphatic hydroxyl groups is 1. The summed E-state index contributed by atoms with van der Waals surface area (Å²) in [6.45, 7) is 5.58. The van der Waals surface area contributed by atoms with E-state index in [1.807, 2.05) is 0 Å². The van der Waals surface area contributed by atoms with Crippen LogP contribution in [0.1, 0.15) is 19.8 Å². The highest BCUT2D eigenvalue weighted by Crippen LogP contribution is 2.15. The summed E-state index contributed by atoms with van der Waals surface area (Å²) in [4.78, 5) is 0. The van der Waals surface area contributed by atoms with Gasteiger partial charge in [0, 0.05) is 32.4 Å². The van der Waals surface area contributed by atoms with Crippen molar-refractivity contribution in [1.29, 1.82) is 0 Å². The maximum absolute atomic E-state index is 9.00. The molecular formula is C11H23NO3. The minimum absolute atomic E-state index is 0.119. The molecule has 0 aliphatic carbocycles. The van der Waals surface area contributed by atoms with Crippen molar-refractivity contribution >= 4 is 0 Å². The number of hydrogen-bond acceptors (Lipinski definition) is 4. The van der Waals surface area contributed by atoms with Gasteiger partial charge in [0.25, 0.3) is 0 Å². The highest BCUT2D eigenvalue weighted by Gasteiger charge is 2.25. The molecule has 1 fully saturated rings. The summed E-state index contributed by atoms with van der Waals surface area (Å²) < 4.78 is 10.5. The molecule has 0 aromatic rings. The Morgan fingerprint density at radius 2 is 2.40 bits per heavy atom. The normalized spacial score (nSPS) is 25.4. The van der Waals surface area contributed by atoms with Crippen LogP contribution in [0.3, 0.4) is 0 Å². The molecule has 0 radical (unpaired) electrons. The van der Waals surface area contributed by atoms with E-state index in [2.05, 4.69) is 12.2 Å². The molecule has 0 aromatic heterocycles. The number of hydrogen-bond donors (Lipinski definition) is 2. The van der Waals surface area contributed by atoms with Crippen LogP contribution in [0.25, 0.3) is 0 Å². The van der Waals surface area contributed by atoms with Crippen molar-refractivity contribution < 1.29 is 14.6 Å². The zero-order valence-electron chi connectivity index (χ0n) is 9.79. The smallest absolute Gasteiger partial charge is 0.0642 e. The molecule has 1 rings (SSSR count). The highest BCUT2D eigenvalue weighted by molar-refractivity contribution is 4.84. The second kappa shape index (κ2) is 6.43. The van der Waals surface area contributed by atoms with E-state index in [0.29, 0.717) is 18.9 Å². The van der Waals surface area contributed by atoms with E-state index in [-0.39, 0.29) is 12.1 Å². The summed E-state index contributed by atoms with van der Waals surface area (Å²) in [7, 11) is 1.69. The molecule has 0 aromatic carbocycles. The van der Waals surface area contributed by atoms with Gasteiger partial charge in [0.15, 0.2) is 0 Å². The molecule has 0 bridgehead atoms. The molecule has 2 atom stereocenters. The van der Waals surface area contributed by atoms with E-state index in [1.54, 1.807) is 7.11 Å². The third-order valence-electron chi connectivity index (χ3n) is 2.97. The van der Waals surface area contributed by atoms with Crippen LogP contribution in [-0.4, -0.2) is 50.7 Å². The summed E-state index contributed by atoms with van der Waals surface area (Å²) in [5, 5.41) is 12.5. The van der Waals surface area contributed by atoms with Gasteiger partial charge >= 0.3 is 0 Å². The van der Waals surface area contributed by atoms with Gasteiger partial charge in [-0.25, -0.2) is 0 Å². The Bertz CT molecular complexity index is 163. The summed E-state index contributed by atoms with van der Waals surface area (Å²) in [6.07, 6.45) is 1.85. The van der Waals surface area contributed by atoms with Crippen molar-refractivity contribution in [3.05, 3.63) is 0 Å². The maximum atomic E-state index is 9.00. The standard InChI is InChI=1S/C11H23NO3/c1-11(4-5-13,9-14-2)12-7-10-3-6-15-8-10/h10,12-13H,3-9H2,1-2H3/t10-,11+/m0/s1. The van der Waals surface area contributed by atoms with Crippen molar-refractivity contribution in [3.8, 4) is 0 Å². The van der Waals surface area contributed by atoms with Gasteiger partial charge in [0.1, 0.15) is 0 Å². The SMILES string of the molecule is COC[C@@](C)(CCO)NC[C@@H]1CCOC1. The Balaban J connectivity index is 2.29. The first-order valence-electron chi connectivity index (χ1n) is 5.63. The van der Waals surface area contributed by atoms with Crippen molar-refractivity contribution in [2.75, 3.05) is 40.1 Å². The van der Waals surface area contributed by atoms with Crippen LogP contribution in [0.15, 0.2) is 0 Å². The summed E-state index contributed by atoms with van der Waals surface area (Å²) in [6, 6.07) is 0. The molecule has 1 saturated heterocycles. The topological polar surface area (TPSA) is 50.7 Å². The fourth-order valence-electron chi connectivity index (χ4n) is 1.91. The van der Waals surface area contributed by atoms with Gasteiger partial charge in [0.2, 0.25) is 0 Å². The number of aliphatic hydroxyl groups excluding tert-OH is 1. The van der Waals surface area contributed by atoms with Crippen LogP contribution >= 0.6 is 0 Å². The lowest BCUT2D eigenvalue weighted by Crippen LogP contribution is -2.48. The highest BCUT2D eigenvalue weighted by atomic mass is 16.5. The largest absolute Gasteiger partial charge is 0.396 e. The van der Waals surface area contributed by atoms with Crippen LogP contribution in [-0.2, 0) is 9.47 Å². The van der Waals surface area contributed by atoms with Crippen molar-refractivity contribution in [2.45, 2.75) is 25.3 Å². The van der Waals surface area contributed by atoms with Crippen LogP contribution < -0.4 is 5.32 Å². The lowest BCUT2D eigenvalue weighted by atomic mass is 9.98. The molecule has 0 spiro atoms. The number of rotatable bonds is 7. The number of nitrogens with one attached hydrogen (secondary N) is 1. The number of ether oxygens (including phenoxy) is 2. The van der Waals surface area contributed by atoms with Crippen LogP contribution in [0.2, 0.25) is 0 Å². The van der Waals surface area contributed by atoms with Gasteiger partial charge in [-0.3, -0.25) is 0 Å². The van der Waals surface area contributed by atoms with Crippen molar-refractivity contribution in [1.82, 2.24) is 5.32 Å². The second-order valence-electron chi connectivity index (χ2n) is 4.58. The van der Waals surface area contributed by atoms with E-state index < -0.39 is 0 Å². The predicted molar refractivity (Wildman–Crippen MR) is 58.9 cm³/mol. The van der Waals surface area contributed by atoms with Gasteiger partial charge < -0.3 is 19.9 Å². The Morgan fingerprint density at radius 1 is 1.60 bits per heavy atom. The van der Waals surface area contributed by atoms with Crippen LogP contribution in [0, 0.1) is 5.92 Å². The van der Waals surface area contributed by atoms with E-state index >= 15 is 0 Å². The first kappa shape index (κ1) is 12.9. The van der Waals surface area contributed by atoms with Gasteiger partial charge in [-0.15, -0.1) is 0 Å².